The lowest BCUT2D eigenvalue weighted by Crippen LogP contribution is -2.43. The highest BCUT2D eigenvalue weighted by atomic mass is 32.2. The molecule has 2 heterocycles. The second-order valence-corrected chi connectivity index (χ2v) is 11.1. The number of hydrogen-bond acceptors (Lipinski definition) is 7. The van der Waals surface area contributed by atoms with E-state index in [9.17, 15) is 18.0 Å². The van der Waals surface area contributed by atoms with Crippen LogP contribution in [0.1, 0.15) is 51.8 Å². The zero-order valence-corrected chi connectivity index (χ0v) is 20.7. The molecule has 1 aromatic heterocycles. The number of esters is 1. The number of carbonyl (C=O) groups excluding carboxylic acids is 2. The smallest absolute Gasteiger partial charge is 0.310 e. The Kier molecular flexibility index (Phi) is 6.88. The van der Waals surface area contributed by atoms with Crippen molar-refractivity contribution in [2.45, 2.75) is 70.5 Å². The van der Waals surface area contributed by atoms with Gasteiger partial charge in [-0.15, -0.1) is 0 Å². The average molecular weight is 478 g/mol. The first-order valence-corrected chi connectivity index (χ1v) is 12.2. The molecule has 1 aliphatic heterocycles. The van der Waals surface area contributed by atoms with Gasteiger partial charge < -0.3 is 14.3 Å². The van der Waals surface area contributed by atoms with E-state index in [-0.39, 0.29) is 30.1 Å². The molecule has 0 amide bonds. The summed E-state index contributed by atoms with van der Waals surface area (Å²) in [5, 5.41) is 4.08. The van der Waals surface area contributed by atoms with E-state index >= 15 is 0 Å². The van der Waals surface area contributed by atoms with Crippen LogP contribution in [0.2, 0.25) is 0 Å². The van der Waals surface area contributed by atoms with E-state index in [4.69, 9.17) is 9.47 Å². The predicted molar refractivity (Wildman–Crippen MR) is 123 cm³/mol. The predicted octanol–water partition coefficient (Wildman–Crippen LogP) is 2.94. The molecule has 1 aromatic carbocycles. The third-order valence-corrected chi connectivity index (χ3v) is 7.18. The van der Waals surface area contributed by atoms with Crippen LogP contribution in [0.4, 0.5) is 5.69 Å². The van der Waals surface area contributed by atoms with Crippen molar-refractivity contribution in [3.05, 3.63) is 35.7 Å². The topological polar surface area (TPSA) is 108 Å². The molecule has 0 spiro atoms. The van der Waals surface area contributed by atoms with E-state index < -0.39 is 27.7 Å². The Labute approximate surface area is 194 Å². The van der Waals surface area contributed by atoms with Crippen LogP contribution >= 0.6 is 0 Å². The molecule has 9 nitrogen and oxygen atoms in total. The quantitative estimate of drug-likeness (QED) is 0.564. The largest absolute Gasteiger partial charge is 0.486 e. The number of ether oxygens (including phenoxy) is 2. The number of fused-ring (bicyclic) bond motifs is 1. The normalized spacial score (nSPS) is 16.2. The molecule has 0 saturated heterocycles. The Bertz CT molecular complexity index is 1160. The molecule has 180 valence electrons. The Hall–Kier alpha value is -2.88. The van der Waals surface area contributed by atoms with Gasteiger partial charge in [-0.1, -0.05) is 6.07 Å². The van der Waals surface area contributed by atoms with Crippen LogP contribution in [-0.2, 0) is 37.8 Å². The fraction of sp³-hybridized carbons (Fsp3) is 0.522. The van der Waals surface area contributed by atoms with Crippen LogP contribution < -0.4 is 9.04 Å². The summed E-state index contributed by atoms with van der Waals surface area (Å²) in [6.07, 6.45) is 1.53. The molecular formula is C23H31N3O6S. The van der Waals surface area contributed by atoms with E-state index in [0.717, 1.165) is 0 Å². The maximum absolute atomic E-state index is 13.6. The van der Waals surface area contributed by atoms with E-state index in [1.54, 1.807) is 52.9 Å². The number of sulfonamides is 1. The summed E-state index contributed by atoms with van der Waals surface area (Å²) in [5.41, 5.74) is 0.842. The summed E-state index contributed by atoms with van der Waals surface area (Å²) in [4.78, 5) is 23.9. The molecule has 33 heavy (non-hydrogen) atoms. The molecule has 1 atom stereocenters. The number of aryl methyl sites for hydroxylation is 1. The number of carbonyl (C=O) groups is 2. The van der Waals surface area contributed by atoms with Crippen molar-refractivity contribution < 1.29 is 27.5 Å². The molecule has 0 radical (unpaired) electrons. The number of Topliss-reactive ketones (excluding diaryl/α,β-unsaturated/α-hetero) is 1. The van der Waals surface area contributed by atoms with Gasteiger partial charge in [0, 0.05) is 13.5 Å². The molecule has 0 fully saturated rings. The molecule has 3 rings (SSSR count). The molecular weight excluding hydrogens is 446 g/mol. The molecule has 0 saturated carbocycles. The monoisotopic (exact) mass is 477 g/mol. The van der Waals surface area contributed by atoms with Crippen molar-refractivity contribution in [3.8, 4) is 5.75 Å². The van der Waals surface area contributed by atoms with Crippen LogP contribution in [0.15, 0.2) is 29.3 Å². The molecule has 0 unspecified atom stereocenters. The van der Waals surface area contributed by atoms with Gasteiger partial charge in [-0.2, -0.15) is 5.10 Å². The van der Waals surface area contributed by atoms with Crippen molar-refractivity contribution in [1.82, 2.24) is 9.78 Å². The van der Waals surface area contributed by atoms with Gasteiger partial charge in [-0.25, -0.2) is 8.42 Å². The summed E-state index contributed by atoms with van der Waals surface area (Å²) in [7, 11) is -2.29. The van der Waals surface area contributed by atoms with E-state index in [1.165, 1.54) is 22.1 Å². The standard InChI is InChI=1S/C23H31N3O6S/c1-15(27)7-9-18-14-26(33(29,30)21-13-24-25(6)16(21)2)19-11-17(8-10-20(19)31-18)12-22(28)32-23(3,4)5/h8,10-11,13,18H,7,9,12,14H2,1-6H3/t18-/m0/s1. The van der Waals surface area contributed by atoms with Crippen molar-refractivity contribution in [1.29, 1.82) is 0 Å². The SMILES string of the molecule is CC(=O)CC[C@H]1CN(S(=O)(=O)c2cnn(C)c2C)c2cc(CC(=O)OC(C)(C)C)ccc2O1. The first-order valence-electron chi connectivity index (χ1n) is 10.8. The second kappa shape index (κ2) is 9.17. The molecule has 10 heteroatoms. The maximum Gasteiger partial charge on any atom is 0.310 e. The van der Waals surface area contributed by atoms with Crippen LogP contribution in [-0.4, -0.2) is 48.2 Å². The van der Waals surface area contributed by atoms with Gasteiger partial charge >= 0.3 is 5.97 Å². The molecule has 0 N–H and O–H groups in total. The van der Waals surface area contributed by atoms with Crippen molar-refractivity contribution in [3.63, 3.8) is 0 Å². The summed E-state index contributed by atoms with van der Waals surface area (Å²) in [5.74, 6) is -0.0153. The minimum Gasteiger partial charge on any atom is -0.486 e. The average Bonchev–Trinajstić information content (AvgIpc) is 3.03. The summed E-state index contributed by atoms with van der Waals surface area (Å²) in [6, 6.07) is 5.02. The number of rotatable bonds is 7. The highest BCUT2D eigenvalue weighted by Gasteiger charge is 2.36. The van der Waals surface area contributed by atoms with Crippen molar-refractivity contribution >= 4 is 27.5 Å². The number of anilines is 1. The van der Waals surface area contributed by atoms with Crippen LogP contribution in [0.5, 0.6) is 5.75 Å². The number of benzene rings is 1. The fourth-order valence-electron chi connectivity index (χ4n) is 3.60. The zero-order chi connectivity index (χ0) is 24.6. The van der Waals surface area contributed by atoms with Crippen LogP contribution in [0, 0.1) is 6.92 Å². The molecule has 0 aliphatic carbocycles. The van der Waals surface area contributed by atoms with Crippen LogP contribution in [0.3, 0.4) is 0 Å². The van der Waals surface area contributed by atoms with Gasteiger partial charge in [-0.05, 0) is 58.7 Å². The second-order valence-electron chi connectivity index (χ2n) is 9.30. The minimum absolute atomic E-state index is 0.00186. The van der Waals surface area contributed by atoms with Gasteiger partial charge in [0.15, 0.2) is 0 Å². The maximum atomic E-state index is 13.6. The van der Waals surface area contributed by atoms with E-state index in [1.807, 2.05) is 0 Å². The van der Waals surface area contributed by atoms with Crippen molar-refractivity contribution in [2.24, 2.45) is 7.05 Å². The number of nitrogens with zero attached hydrogens (tertiary/aromatic N) is 3. The lowest BCUT2D eigenvalue weighted by atomic mass is 10.1. The summed E-state index contributed by atoms with van der Waals surface area (Å²) >= 11 is 0. The molecule has 0 bridgehead atoms. The van der Waals surface area contributed by atoms with Crippen LogP contribution in [0.25, 0.3) is 0 Å². The number of hydrogen-bond donors (Lipinski definition) is 0. The fourth-order valence-corrected chi connectivity index (χ4v) is 5.29. The lowest BCUT2D eigenvalue weighted by Gasteiger charge is -2.35. The lowest BCUT2D eigenvalue weighted by molar-refractivity contribution is -0.153. The molecule has 1 aliphatic rings. The number of aromatic nitrogens is 2. The van der Waals surface area contributed by atoms with Gasteiger partial charge in [0.05, 0.1) is 30.5 Å². The van der Waals surface area contributed by atoms with Gasteiger partial charge in [0.1, 0.15) is 28.1 Å². The molecule has 2 aromatic rings. The summed E-state index contributed by atoms with van der Waals surface area (Å²) < 4.78 is 41.5. The number of ketones is 1. The van der Waals surface area contributed by atoms with E-state index in [0.29, 0.717) is 29.1 Å². The van der Waals surface area contributed by atoms with Crippen molar-refractivity contribution in [2.75, 3.05) is 10.8 Å². The third kappa shape index (κ3) is 5.73. The van der Waals surface area contributed by atoms with Gasteiger partial charge in [0.2, 0.25) is 0 Å². The first kappa shape index (κ1) is 24.8. The Morgan fingerprint density at radius 2 is 1.97 bits per heavy atom. The first-order chi connectivity index (χ1) is 15.3. The Morgan fingerprint density at radius 1 is 1.27 bits per heavy atom. The van der Waals surface area contributed by atoms with E-state index in [2.05, 4.69) is 5.10 Å². The highest BCUT2D eigenvalue weighted by molar-refractivity contribution is 7.92. The Morgan fingerprint density at radius 3 is 2.55 bits per heavy atom. The zero-order valence-electron chi connectivity index (χ0n) is 19.9. The third-order valence-electron chi connectivity index (χ3n) is 5.30. The summed E-state index contributed by atoms with van der Waals surface area (Å²) in [6.45, 7) is 8.60. The van der Waals surface area contributed by atoms with Gasteiger partial charge in [-0.3, -0.25) is 13.8 Å². The minimum atomic E-state index is -3.96. The highest BCUT2D eigenvalue weighted by Crippen LogP contribution is 2.39. The van der Waals surface area contributed by atoms with Gasteiger partial charge in [0.25, 0.3) is 10.0 Å². The Balaban J connectivity index is 2.00.